The summed E-state index contributed by atoms with van der Waals surface area (Å²) in [4.78, 5) is 19.5. The SMILES string of the molecule is COc1ccc(Cn2c([C@@H]3CC(=O)N(Cc4ccc(F)cc4)C3)nc3ccccc32)cc1. The smallest absolute Gasteiger partial charge is 0.223 e. The first kappa shape index (κ1) is 20.2. The third-order valence-corrected chi connectivity index (χ3v) is 6.05. The van der Waals surface area contributed by atoms with E-state index in [4.69, 9.17) is 9.72 Å². The van der Waals surface area contributed by atoms with E-state index in [0.29, 0.717) is 26.1 Å². The molecule has 1 aliphatic heterocycles. The predicted octanol–water partition coefficient (Wildman–Crippen LogP) is 4.75. The number of imidazole rings is 1. The van der Waals surface area contributed by atoms with E-state index in [1.165, 1.54) is 12.1 Å². The van der Waals surface area contributed by atoms with Crippen LogP contribution < -0.4 is 4.74 Å². The van der Waals surface area contributed by atoms with E-state index < -0.39 is 0 Å². The molecule has 1 fully saturated rings. The summed E-state index contributed by atoms with van der Waals surface area (Å²) in [5.41, 5.74) is 4.05. The van der Waals surface area contributed by atoms with E-state index in [9.17, 15) is 9.18 Å². The number of aromatic nitrogens is 2. The first-order valence-electron chi connectivity index (χ1n) is 10.7. The second-order valence-corrected chi connectivity index (χ2v) is 8.19. The van der Waals surface area contributed by atoms with Crippen molar-refractivity contribution in [3.05, 3.63) is 95.6 Å². The van der Waals surface area contributed by atoms with Crippen LogP contribution >= 0.6 is 0 Å². The zero-order valence-corrected chi connectivity index (χ0v) is 17.9. The largest absolute Gasteiger partial charge is 0.497 e. The fourth-order valence-electron chi connectivity index (χ4n) is 4.39. The van der Waals surface area contributed by atoms with Crippen LogP contribution in [-0.4, -0.2) is 34.0 Å². The van der Waals surface area contributed by atoms with Crippen molar-refractivity contribution in [1.82, 2.24) is 14.5 Å². The van der Waals surface area contributed by atoms with Gasteiger partial charge in [0.05, 0.1) is 18.1 Å². The zero-order valence-electron chi connectivity index (χ0n) is 17.9. The molecular weight excluding hydrogens is 405 g/mol. The first-order valence-corrected chi connectivity index (χ1v) is 10.7. The van der Waals surface area contributed by atoms with Gasteiger partial charge >= 0.3 is 0 Å². The molecule has 0 radical (unpaired) electrons. The Balaban J connectivity index is 1.43. The standard InChI is InChI=1S/C26H24FN3O2/c1-32-22-12-8-19(9-13-22)16-30-24-5-3-2-4-23(24)28-26(30)20-14-25(31)29(17-20)15-18-6-10-21(27)11-7-18/h2-13,20H,14-17H2,1H3/t20-/m1/s1. The van der Waals surface area contributed by atoms with Gasteiger partial charge in [0, 0.05) is 32.0 Å². The lowest BCUT2D eigenvalue weighted by atomic mass is 10.1. The number of fused-ring (bicyclic) bond motifs is 1. The highest BCUT2D eigenvalue weighted by Crippen LogP contribution is 2.32. The van der Waals surface area contributed by atoms with Gasteiger partial charge in [0.1, 0.15) is 17.4 Å². The third-order valence-electron chi connectivity index (χ3n) is 6.05. The van der Waals surface area contributed by atoms with Gasteiger partial charge in [-0.1, -0.05) is 36.4 Å². The number of nitrogens with zero attached hydrogens (tertiary/aromatic N) is 3. The second kappa shape index (κ2) is 8.46. The Hall–Kier alpha value is -3.67. The van der Waals surface area contributed by atoms with Crippen LogP contribution in [-0.2, 0) is 17.9 Å². The minimum Gasteiger partial charge on any atom is -0.497 e. The summed E-state index contributed by atoms with van der Waals surface area (Å²) >= 11 is 0. The fraction of sp³-hybridized carbons (Fsp3) is 0.231. The molecule has 0 spiro atoms. The summed E-state index contributed by atoms with van der Waals surface area (Å²) in [6, 6.07) is 22.4. The van der Waals surface area contributed by atoms with Gasteiger partial charge in [-0.15, -0.1) is 0 Å². The third kappa shape index (κ3) is 3.96. The van der Waals surface area contributed by atoms with Gasteiger partial charge in [0.15, 0.2) is 0 Å². The highest BCUT2D eigenvalue weighted by molar-refractivity contribution is 5.81. The van der Waals surface area contributed by atoms with Gasteiger partial charge in [0.2, 0.25) is 5.91 Å². The number of carbonyl (C=O) groups excluding carboxylic acids is 1. The van der Waals surface area contributed by atoms with Crippen LogP contribution in [0.2, 0.25) is 0 Å². The number of para-hydroxylation sites is 2. The molecule has 1 saturated heterocycles. The summed E-state index contributed by atoms with van der Waals surface area (Å²) in [6.07, 6.45) is 0.424. The lowest BCUT2D eigenvalue weighted by molar-refractivity contribution is -0.128. The Labute approximate surface area is 186 Å². The summed E-state index contributed by atoms with van der Waals surface area (Å²) in [7, 11) is 1.66. The molecule has 0 N–H and O–H groups in total. The molecule has 4 aromatic rings. The predicted molar refractivity (Wildman–Crippen MR) is 121 cm³/mol. The zero-order chi connectivity index (χ0) is 22.1. The van der Waals surface area contributed by atoms with Crippen molar-refractivity contribution in [2.45, 2.75) is 25.4 Å². The number of hydrogen-bond acceptors (Lipinski definition) is 3. The van der Waals surface area contributed by atoms with Crippen molar-refractivity contribution in [1.29, 1.82) is 0 Å². The van der Waals surface area contributed by atoms with E-state index in [2.05, 4.69) is 22.8 Å². The van der Waals surface area contributed by atoms with Gasteiger partial charge in [-0.3, -0.25) is 4.79 Å². The van der Waals surface area contributed by atoms with Crippen LogP contribution in [0, 0.1) is 5.82 Å². The van der Waals surface area contributed by atoms with Crippen molar-refractivity contribution >= 4 is 16.9 Å². The summed E-state index contributed by atoms with van der Waals surface area (Å²) < 4.78 is 20.7. The number of ether oxygens (including phenoxy) is 1. The maximum Gasteiger partial charge on any atom is 0.223 e. The first-order chi connectivity index (χ1) is 15.6. The molecule has 162 valence electrons. The number of rotatable bonds is 6. The summed E-state index contributed by atoms with van der Waals surface area (Å²) in [6.45, 7) is 1.75. The Morgan fingerprint density at radius 2 is 1.66 bits per heavy atom. The Morgan fingerprint density at radius 3 is 2.41 bits per heavy atom. The minimum absolute atomic E-state index is 0.00796. The van der Waals surface area contributed by atoms with Gasteiger partial charge < -0.3 is 14.2 Å². The number of benzene rings is 3. The molecule has 2 heterocycles. The van der Waals surface area contributed by atoms with Crippen LogP contribution in [0.1, 0.15) is 29.3 Å². The molecule has 1 aromatic heterocycles. The molecule has 0 bridgehead atoms. The molecule has 3 aromatic carbocycles. The molecule has 0 aliphatic carbocycles. The van der Waals surface area contributed by atoms with Crippen molar-refractivity contribution in [3.63, 3.8) is 0 Å². The quantitative estimate of drug-likeness (QED) is 0.445. The van der Waals surface area contributed by atoms with E-state index in [-0.39, 0.29) is 17.6 Å². The van der Waals surface area contributed by atoms with E-state index in [0.717, 1.165) is 33.7 Å². The number of halogens is 1. The number of methoxy groups -OCH3 is 1. The molecule has 1 aliphatic rings. The average molecular weight is 429 g/mol. The average Bonchev–Trinajstić information content (AvgIpc) is 3.36. The van der Waals surface area contributed by atoms with Crippen LogP contribution in [0.25, 0.3) is 11.0 Å². The molecular formula is C26H24FN3O2. The van der Waals surface area contributed by atoms with Crippen molar-refractivity contribution in [3.8, 4) is 5.75 Å². The minimum atomic E-state index is -0.272. The number of hydrogen-bond donors (Lipinski definition) is 0. The number of likely N-dealkylation sites (tertiary alicyclic amines) is 1. The lowest BCUT2D eigenvalue weighted by Gasteiger charge is -2.17. The normalized spacial score (nSPS) is 16.1. The molecule has 32 heavy (non-hydrogen) atoms. The molecule has 0 unspecified atom stereocenters. The van der Waals surface area contributed by atoms with Crippen molar-refractivity contribution < 1.29 is 13.9 Å². The number of carbonyl (C=O) groups is 1. The van der Waals surface area contributed by atoms with Gasteiger partial charge in [-0.2, -0.15) is 0 Å². The van der Waals surface area contributed by atoms with Gasteiger partial charge in [-0.25, -0.2) is 9.37 Å². The Bertz CT molecular complexity index is 1250. The van der Waals surface area contributed by atoms with Gasteiger partial charge in [-0.05, 0) is 47.5 Å². The maximum absolute atomic E-state index is 13.2. The highest BCUT2D eigenvalue weighted by Gasteiger charge is 2.34. The molecule has 1 atom stereocenters. The Kier molecular flexibility index (Phi) is 5.35. The Morgan fingerprint density at radius 1 is 0.969 bits per heavy atom. The molecule has 5 nitrogen and oxygen atoms in total. The molecule has 6 heteroatoms. The van der Waals surface area contributed by atoms with Crippen molar-refractivity contribution in [2.24, 2.45) is 0 Å². The summed E-state index contributed by atoms with van der Waals surface area (Å²) in [5, 5.41) is 0. The van der Waals surface area contributed by atoms with Crippen molar-refractivity contribution in [2.75, 3.05) is 13.7 Å². The lowest BCUT2D eigenvalue weighted by Crippen LogP contribution is -2.24. The van der Waals surface area contributed by atoms with E-state index in [1.807, 2.05) is 35.2 Å². The van der Waals surface area contributed by atoms with E-state index >= 15 is 0 Å². The van der Waals surface area contributed by atoms with Crippen LogP contribution in [0.5, 0.6) is 5.75 Å². The molecule has 1 amide bonds. The monoisotopic (exact) mass is 429 g/mol. The number of amides is 1. The summed E-state index contributed by atoms with van der Waals surface area (Å²) in [5.74, 6) is 1.59. The van der Waals surface area contributed by atoms with Crippen LogP contribution in [0.3, 0.4) is 0 Å². The van der Waals surface area contributed by atoms with Crippen LogP contribution in [0.4, 0.5) is 4.39 Å². The fourth-order valence-corrected chi connectivity index (χ4v) is 4.39. The maximum atomic E-state index is 13.2. The second-order valence-electron chi connectivity index (χ2n) is 8.19. The van der Waals surface area contributed by atoms with Crippen LogP contribution in [0.15, 0.2) is 72.8 Å². The van der Waals surface area contributed by atoms with E-state index in [1.54, 1.807) is 19.2 Å². The molecule has 5 rings (SSSR count). The highest BCUT2D eigenvalue weighted by atomic mass is 19.1. The van der Waals surface area contributed by atoms with Gasteiger partial charge in [0.25, 0.3) is 0 Å². The topological polar surface area (TPSA) is 47.4 Å². The molecule has 0 saturated carbocycles.